The normalized spacial score (nSPS) is 20.8. The minimum absolute atomic E-state index is 0. The number of amides is 2. The van der Waals surface area contributed by atoms with Crippen LogP contribution in [0.1, 0.15) is 36.0 Å². The fourth-order valence-electron chi connectivity index (χ4n) is 5.64. The molecule has 9 heteroatoms. The molecule has 214 valence electrons. The van der Waals surface area contributed by atoms with Crippen LogP contribution in [0.5, 0.6) is 0 Å². The first-order chi connectivity index (χ1) is 18.4. The van der Waals surface area contributed by atoms with E-state index in [1.807, 2.05) is 65.6 Å². The number of carbonyl (C=O) groups excluding carboxylic acids is 2. The molecule has 0 saturated carbocycles. The third kappa shape index (κ3) is 7.49. The molecule has 0 spiro atoms. The second-order valence-electron chi connectivity index (χ2n) is 10.5. The van der Waals surface area contributed by atoms with Crippen LogP contribution in [-0.2, 0) is 27.9 Å². The van der Waals surface area contributed by atoms with Gasteiger partial charge in [0.2, 0.25) is 5.91 Å². The maximum absolute atomic E-state index is 13.2. The van der Waals surface area contributed by atoms with Crippen LogP contribution in [0.2, 0.25) is 10.0 Å². The number of hydrogen-bond donors (Lipinski definition) is 0. The first kappa shape index (κ1) is 31.8. The van der Waals surface area contributed by atoms with Crippen molar-refractivity contribution < 1.29 is 19.8 Å². The number of piperidine rings is 1. The van der Waals surface area contributed by atoms with Crippen LogP contribution in [0.4, 0.5) is 4.79 Å². The number of cyclic esters (lactones) is 1. The van der Waals surface area contributed by atoms with E-state index in [-0.39, 0.29) is 36.5 Å². The third-order valence-electron chi connectivity index (χ3n) is 7.82. The summed E-state index contributed by atoms with van der Waals surface area (Å²) in [6.45, 7) is 2.48. The van der Waals surface area contributed by atoms with Crippen LogP contribution < -0.4 is 0 Å². The number of halogens is 3. The van der Waals surface area contributed by atoms with Gasteiger partial charge in [-0.05, 0) is 54.0 Å². The fraction of sp³-hybridized carbons (Fsp3) is 0.355. The predicted molar refractivity (Wildman–Crippen MR) is 161 cm³/mol. The zero-order chi connectivity index (χ0) is 26.5. The molecule has 0 aromatic heterocycles. The molecule has 6 nitrogen and oxygen atoms in total. The van der Waals surface area contributed by atoms with E-state index in [9.17, 15) is 9.59 Å². The number of hydrogen-bond acceptors (Lipinski definition) is 3. The van der Waals surface area contributed by atoms with Gasteiger partial charge in [-0.2, -0.15) is 0 Å². The van der Waals surface area contributed by atoms with Crippen molar-refractivity contribution in [3.63, 3.8) is 0 Å². The minimum Gasteiger partial charge on any atom is -0.448 e. The highest BCUT2D eigenvalue weighted by molar-refractivity contribution is 6.42. The monoisotopic (exact) mass is 604 g/mol. The Kier molecular flexibility index (Phi) is 11.3. The highest BCUT2D eigenvalue weighted by Crippen LogP contribution is 2.37. The molecule has 0 radical (unpaired) electrons. The number of nitrogens with zero attached hydrogens (tertiary/aromatic N) is 2. The van der Waals surface area contributed by atoms with Gasteiger partial charge in [0.05, 0.1) is 10.0 Å². The summed E-state index contributed by atoms with van der Waals surface area (Å²) in [5.41, 5.74) is 2.76. The van der Waals surface area contributed by atoms with E-state index in [1.54, 1.807) is 11.0 Å². The summed E-state index contributed by atoms with van der Waals surface area (Å²) >= 11 is 12.7. The Bertz CT molecular complexity index is 1280. The van der Waals surface area contributed by atoms with Crippen LogP contribution in [0.25, 0.3) is 0 Å². The zero-order valence-electron chi connectivity index (χ0n) is 22.2. The molecule has 2 atom stereocenters. The average Bonchev–Trinajstić information content (AvgIpc) is 2.93. The number of rotatable bonds is 8. The molecule has 0 bridgehead atoms. The molecule has 2 heterocycles. The smallest absolute Gasteiger partial charge is 0.410 e. The van der Waals surface area contributed by atoms with Gasteiger partial charge in [-0.3, -0.25) is 4.79 Å². The Morgan fingerprint density at radius 2 is 1.55 bits per heavy atom. The van der Waals surface area contributed by atoms with E-state index in [0.29, 0.717) is 48.4 Å². The van der Waals surface area contributed by atoms with E-state index in [1.165, 1.54) is 5.56 Å². The lowest BCUT2D eigenvalue weighted by atomic mass is 9.76. The van der Waals surface area contributed by atoms with Gasteiger partial charge in [0.1, 0.15) is 6.61 Å². The van der Waals surface area contributed by atoms with E-state index in [0.717, 1.165) is 30.5 Å². The number of carbonyl (C=O) groups is 2. The van der Waals surface area contributed by atoms with Gasteiger partial charge < -0.3 is 20.0 Å². The maximum Gasteiger partial charge on any atom is 0.410 e. The highest BCUT2D eigenvalue weighted by atomic mass is 35.5. The molecule has 3 aromatic rings. The Morgan fingerprint density at radius 1 is 0.875 bits per heavy atom. The van der Waals surface area contributed by atoms with Crippen molar-refractivity contribution in [1.29, 1.82) is 0 Å². The Morgan fingerprint density at radius 3 is 2.20 bits per heavy atom. The van der Waals surface area contributed by atoms with Crippen molar-refractivity contribution in [2.24, 2.45) is 5.92 Å². The van der Waals surface area contributed by atoms with Crippen LogP contribution in [0.15, 0.2) is 78.9 Å². The van der Waals surface area contributed by atoms with Gasteiger partial charge in [0.25, 0.3) is 0 Å². The first-order valence-corrected chi connectivity index (χ1v) is 13.9. The summed E-state index contributed by atoms with van der Waals surface area (Å²) in [6.07, 6.45) is 2.79. The third-order valence-corrected chi connectivity index (χ3v) is 8.56. The van der Waals surface area contributed by atoms with Crippen LogP contribution >= 0.6 is 35.6 Å². The summed E-state index contributed by atoms with van der Waals surface area (Å²) in [5, 5.41) is 0.947. The molecule has 3 aromatic carbocycles. The molecular formula is C31H35Cl3N2O4. The first-order valence-electron chi connectivity index (χ1n) is 13.1. The second-order valence-corrected chi connectivity index (χ2v) is 11.3. The molecule has 2 saturated heterocycles. The van der Waals surface area contributed by atoms with Gasteiger partial charge in [0.15, 0.2) is 0 Å². The molecule has 5 rings (SSSR count). The van der Waals surface area contributed by atoms with Crippen molar-refractivity contribution in [3.05, 3.63) is 106 Å². The summed E-state index contributed by atoms with van der Waals surface area (Å²) < 4.78 is 5.76. The molecule has 0 aliphatic carbocycles. The van der Waals surface area contributed by atoms with Gasteiger partial charge >= 0.3 is 6.09 Å². The molecule has 2 amide bonds. The van der Waals surface area contributed by atoms with Gasteiger partial charge in [-0.15, -0.1) is 12.4 Å². The Balaban J connectivity index is 0.00000220. The Labute approximate surface area is 251 Å². The van der Waals surface area contributed by atoms with Gasteiger partial charge in [-0.1, -0.05) is 89.9 Å². The molecule has 2 fully saturated rings. The fourth-order valence-corrected chi connectivity index (χ4v) is 5.93. The SMILES string of the molecule is Cl.O.O=C1CC(Cc2ccccc2)CCN1CCC1(c2ccc(Cl)c(Cl)c2)COC(=O)N(Cc2ccccc2)C1. The summed E-state index contributed by atoms with van der Waals surface area (Å²) in [4.78, 5) is 29.6. The number of ether oxygens (including phenoxy) is 1. The predicted octanol–water partition coefficient (Wildman–Crippen LogP) is 6.35. The van der Waals surface area contributed by atoms with Crippen molar-refractivity contribution in [2.75, 3.05) is 26.2 Å². The molecule has 2 unspecified atom stereocenters. The lowest BCUT2D eigenvalue weighted by Gasteiger charge is -2.44. The quantitative estimate of drug-likeness (QED) is 0.300. The maximum atomic E-state index is 13.2. The van der Waals surface area contributed by atoms with Crippen molar-refractivity contribution in [2.45, 2.75) is 37.6 Å². The van der Waals surface area contributed by atoms with Gasteiger partial charge in [-0.25, -0.2) is 4.79 Å². The zero-order valence-corrected chi connectivity index (χ0v) is 24.6. The lowest BCUT2D eigenvalue weighted by Crippen LogP contribution is -2.54. The summed E-state index contributed by atoms with van der Waals surface area (Å²) in [6, 6.07) is 25.9. The van der Waals surface area contributed by atoms with Gasteiger partial charge in [0, 0.05) is 38.0 Å². The number of likely N-dealkylation sites (tertiary alicyclic amines) is 1. The highest BCUT2D eigenvalue weighted by Gasteiger charge is 2.42. The average molecular weight is 606 g/mol. The number of benzene rings is 3. The largest absolute Gasteiger partial charge is 0.448 e. The van der Waals surface area contributed by atoms with E-state index < -0.39 is 5.41 Å². The molecule has 2 N–H and O–H groups in total. The standard InChI is InChI=1S/C31H32Cl2N2O3.ClH.H2O/c32-27-12-11-26(19-28(27)33)31(21-35(30(37)38-22-31)20-24-9-5-2-6-10-24)14-16-34-15-13-25(18-29(34)36)17-23-7-3-1-4-8-23;;/h1-12,19,25H,13-18,20-22H2;1H;1H2. The van der Waals surface area contributed by atoms with Crippen molar-refractivity contribution >= 4 is 47.6 Å². The molecule has 2 aliphatic rings. The van der Waals surface area contributed by atoms with E-state index in [4.69, 9.17) is 27.9 Å². The van der Waals surface area contributed by atoms with Crippen LogP contribution in [0.3, 0.4) is 0 Å². The topological polar surface area (TPSA) is 81.4 Å². The minimum atomic E-state index is -0.516. The van der Waals surface area contributed by atoms with Crippen molar-refractivity contribution in [1.82, 2.24) is 9.80 Å². The summed E-state index contributed by atoms with van der Waals surface area (Å²) in [7, 11) is 0. The van der Waals surface area contributed by atoms with Crippen molar-refractivity contribution in [3.8, 4) is 0 Å². The van der Waals surface area contributed by atoms with Crippen LogP contribution in [-0.4, -0.2) is 53.5 Å². The Hall–Kier alpha value is -2.77. The summed E-state index contributed by atoms with van der Waals surface area (Å²) in [5.74, 6) is 0.553. The lowest BCUT2D eigenvalue weighted by molar-refractivity contribution is -0.135. The van der Waals surface area contributed by atoms with Crippen LogP contribution in [0, 0.1) is 5.92 Å². The second kappa shape index (κ2) is 14.2. The van der Waals surface area contributed by atoms with E-state index >= 15 is 0 Å². The molecular weight excluding hydrogens is 571 g/mol. The van der Waals surface area contributed by atoms with E-state index in [2.05, 4.69) is 12.1 Å². The molecule has 2 aliphatic heterocycles. The molecule has 40 heavy (non-hydrogen) atoms.